The van der Waals surface area contributed by atoms with Crippen molar-refractivity contribution in [2.75, 3.05) is 39.3 Å². The quantitative estimate of drug-likeness (QED) is 0.844. The highest BCUT2D eigenvalue weighted by Crippen LogP contribution is 2.26. The number of likely N-dealkylation sites (tertiary alicyclic amines) is 3. The van der Waals surface area contributed by atoms with Crippen molar-refractivity contribution in [3.05, 3.63) is 29.8 Å². The number of rotatable bonds is 4. The number of benzene rings is 1. The number of nitrogens with zero attached hydrogens (tertiary/aromatic N) is 3. The molecule has 0 radical (unpaired) electrons. The van der Waals surface area contributed by atoms with E-state index in [1.54, 1.807) is 18.2 Å². The summed E-state index contributed by atoms with van der Waals surface area (Å²) in [5, 5.41) is 9.59. The highest BCUT2D eigenvalue weighted by molar-refractivity contribution is 5.79. The van der Waals surface area contributed by atoms with E-state index >= 15 is 0 Å². The molecule has 3 aliphatic rings. The maximum Gasteiger partial charge on any atom is 0.226 e. The largest absolute Gasteiger partial charge is 0.508 e. The van der Waals surface area contributed by atoms with Crippen molar-refractivity contribution in [1.29, 1.82) is 0 Å². The van der Waals surface area contributed by atoms with E-state index in [2.05, 4.69) is 9.80 Å². The molecule has 3 fully saturated rings. The highest BCUT2D eigenvalue weighted by Gasteiger charge is 2.34. The second-order valence-electron chi connectivity index (χ2n) is 8.83. The second-order valence-corrected chi connectivity index (χ2v) is 8.83. The summed E-state index contributed by atoms with van der Waals surface area (Å²) < 4.78 is 0. The van der Waals surface area contributed by atoms with Crippen LogP contribution < -0.4 is 0 Å². The topological polar surface area (TPSA) is 64.1 Å². The lowest BCUT2D eigenvalue weighted by Crippen LogP contribution is -2.52. The van der Waals surface area contributed by atoms with Crippen LogP contribution in [0.5, 0.6) is 5.75 Å². The summed E-state index contributed by atoms with van der Waals surface area (Å²) in [5.74, 6) is 0.866. The van der Waals surface area contributed by atoms with Crippen LogP contribution >= 0.6 is 0 Å². The molecule has 3 heterocycles. The van der Waals surface area contributed by atoms with Crippen LogP contribution in [0.1, 0.15) is 44.1 Å². The minimum Gasteiger partial charge on any atom is -0.508 e. The third-order valence-corrected chi connectivity index (χ3v) is 6.82. The first-order valence-electron chi connectivity index (χ1n) is 11.2. The van der Waals surface area contributed by atoms with E-state index in [0.717, 1.165) is 83.4 Å². The Morgan fingerprint density at radius 3 is 2.41 bits per heavy atom. The molecule has 0 aliphatic carbocycles. The van der Waals surface area contributed by atoms with Gasteiger partial charge in [-0.25, -0.2) is 0 Å². The predicted molar refractivity (Wildman–Crippen MR) is 112 cm³/mol. The van der Waals surface area contributed by atoms with Gasteiger partial charge in [-0.2, -0.15) is 0 Å². The van der Waals surface area contributed by atoms with E-state index in [9.17, 15) is 14.7 Å². The van der Waals surface area contributed by atoms with Gasteiger partial charge in [0.1, 0.15) is 5.75 Å². The van der Waals surface area contributed by atoms with E-state index in [0.29, 0.717) is 18.4 Å². The summed E-state index contributed by atoms with van der Waals surface area (Å²) in [7, 11) is 0. The Kier molecular flexibility index (Phi) is 6.38. The molecular formula is C23H33N3O3. The van der Waals surface area contributed by atoms with Crippen molar-refractivity contribution in [2.24, 2.45) is 5.92 Å². The molecule has 0 spiro atoms. The van der Waals surface area contributed by atoms with Crippen molar-refractivity contribution in [3.63, 3.8) is 0 Å². The fraction of sp³-hybridized carbons (Fsp3) is 0.652. The van der Waals surface area contributed by atoms with Gasteiger partial charge in [-0.15, -0.1) is 0 Å². The van der Waals surface area contributed by atoms with Gasteiger partial charge in [0.2, 0.25) is 11.8 Å². The smallest absolute Gasteiger partial charge is 0.226 e. The Labute approximate surface area is 173 Å². The molecule has 6 heteroatoms. The average Bonchev–Trinajstić information content (AvgIpc) is 3.28. The molecule has 1 N–H and O–H groups in total. The molecule has 29 heavy (non-hydrogen) atoms. The zero-order valence-electron chi connectivity index (χ0n) is 17.3. The van der Waals surface area contributed by atoms with E-state index in [4.69, 9.17) is 0 Å². The minimum atomic E-state index is 0.134. The zero-order chi connectivity index (χ0) is 20.2. The van der Waals surface area contributed by atoms with Gasteiger partial charge in [0.05, 0.1) is 12.3 Å². The molecule has 6 nitrogen and oxygen atoms in total. The molecule has 0 saturated carbocycles. The van der Waals surface area contributed by atoms with Gasteiger partial charge in [0, 0.05) is 38.8 Å². The molecule has 3 saturated heterocycles. The van der Waals surface area contributed by atoms with E-state index in [-0.39, 0.29) is 17.6 Å². The molecule has 3 aliphatic heterocycles. The van der Waals surface area contributed by atoms with Gasteiger partial charge in [-0.3, -0.25) is 14.5 Å². The molecule has 0 aromatic heterocycles. The highest BCUT2D eigenvalue weighted by atomic mass is 16.3. The molecule has 0 unspecified atom stereocenters. The predicted octanol–water partition coefficient (Wildman–Crippen LogP) is 2.26. The summed E-state index contributed by atoms with van der Waals surface area (Å²) in [6, 6.07) is 7.43. The SMILES string of the molecule is O=C(Cc1cccc(O)c1)N1CCC(N2CCC[C@H](C(=O)N3CCCC3)C2)CC1. The lowest BCUT2D eigenvalue weighted by Gasteiger charge is -2.42. The molecule has 1 aromatic carbocycles. The zero-order valence-corrected chi connectivity index (χ0v) is 17.3. The number of carbonyl (C=O) groups is 2. The number of piperidine rings is 2. The monoisotopic (exact) mass is 399 g/mol. The normalized spacial score (nSPS) is 24.1. The van der Waals surface area contributed by atoms with E-state index in [1.807, 2.05) is 11.0 Å². The Morgan fingerprint density at radius 2 is 1.69 bits per heavy atom. The number of aromatic hydroxyl groups is 1. The van der Waals surface area contributed by atoms with Gasteiger partial charge in [0.25, 0.3) is 0 Å². The molecule has 2 amide bonds. The number of amides is 2. The lowest BCUT2D eigenvalue weighted by atomic mass is 9.92. The molecule has 1 atom stereocenters. The molecule has 4 rings (SSSR count). The number of phenolic OH excluding ortho intramolecular Hbond substituents is 1. The fourth-order valence-electron chi connectivity index (χ4n) is 5.17. The Bertz CT molecular complexity index is 724. The fourth-order valence-corrected chi connectivity index (χ4v) is 5.17. The van der Waals surface area contributed by atoms with Crippen molar-refractivity contribution >= 4 is 11.8 Å². The van der Waals surface area contributed by atoms with Crippen molar-refractivity contribution < 1.29 is 14.7 Å². The van der Waals surface area contributed by atoms with Crippen LogP contribution in [0.4, 0.5) is 0 Å². The number of phenols is 1. The van der Waals surface area contributed by atoms with Crippen LogP contribution in [-0.4, -0.2) is 76.9 Å². The number of hydrogen-bond acceptors (Lipinski definition) is 4. The summed E-state index contributed by atoms with van der Waals surface area (Å²) in [6.45, 7) is 5.40. The van der Waals surface area contributed by atoms with Gasteiger partial charge in [-0.1, -0.05) is 12.1 Å². The van der Waals surface area contributed by atoms with Crippen LogP contribution in [0.3, 0.4) is 0 Å². The molecular weight excluding hydrogens is 366 g/mol. The third kappa shape index (κ3) is 4.92. The van der Waals surface area contributed by atoms with Gasteiger partial charge in [-0.05, 0) is 62.8 Å². The third-order valence-electron chi connectivity index (χ3n) is 6.82. The van der Waals surface area contributed by atoms with Crippen molar-refractivity contribution in [3.8, 4) is 5.75 Å². The standard InChI is InChI=1S/C23H33N3O3/c27-21-7-3-5-18(15-21)16-22(28)24-13-8-20(9-14-24)26-12-4-6-19(17-26)23(29)25-10-1-2-11-25/h3,5,7,15,19-20,27H,1-2,4,6,8-14,16-17H2/t19-/m0/s1. The van der Waals surface area contributed by atoms with E-state index in [1.165, 1.54) is 0 Å². The van der Waals surface area contributed by atoms with Gasteiger partial charge >= 0.3 is 0 Å². The Morgan fingerprint density at radius 1 is 0.931 bits per heavy atom. The van der Waals surface area contributed by atoms with Crippen LogP contribution in [0.15, 0.2) is 24.3 Å². The minimum absolute atomic E-state index is 0.134. The molecule has 158 valence electrons. The second kappa shape index (κ2) is 9.16. The first kappa shape index (κ1) is 20.2. The van der Waals surface area contributed by atoms with E-state index < -0.39 is 0 Å². The Balaban J connectivity index is 1.26. The van der Waals surface area contributed by atoms with Crippen molar-refractivity contribution in [2.45, 2.75) is 51.0 Å². The first-order valence-corrected chi connectivity index (χ1v) is 11.2. The Hall–Kier alpha value is -2.08. The summed E-state index contributed by atoms with van der Waals surface area (Å²) in [6.07, 6.45) is 6.73. The van der Waals surface area contributed by atoms with Gasteiger partial charge in [0.15, 0.2) is 0 Å². The van der Waals surface area contributed by atoms with Crippen LogP contribution in [0.2, 0.25) is 0 Å². The number of carbonyl (C=O) groups excluding carboxylic acids is 2. The first-order chi connectivity index (χ1) is 14.1. The van der Waals surface area contributed by atoms with Gasteiger partial charge < -0.3 is 14.9 Å². The summed E-state index contributed by atoms with van der Waals surface area (Å²) >= 11 is 0. The maximum atomic E-state index is 12.8. The van der Waals surface area contributed by atoms with Crippen molar-refractivity contribution in [1.82, 2.24) is 14.7 Å². The van der Waals surface area contributed by atoms with Crippen LogP contribution in [0.25, 0.3) is 0 Å². The number of hydrogen-bond donors (Lipinski definition) is 1. The summed E-state index contributed by atoms with van der Waals surface area (Å²) in [5.41, 5.74) is 0.858. The average molecular weight is 400 g/mol. The van der Waals surface area contributed by atoms with Crippen LogP contribution in [0, 0.1) is 5.92 Å². The van der Waals surface area contributed by atoms with Crippen LogP contribution in [-0.2, 0) is 16.0 Å². The summed E-state index contributed by atoms with van der Waals surface area (Å²) in [4.78, 5) is 32.0. The molecule has 1 aromatic rings. The lowest BCUT2D eigenvalue weighted by molar-refractivity contribution is -0.136. The maximum absolute atomic E-state index is 12.8. The molecule has 0 bridgehead atoms.